The highest BCUT2D eigenvalue weighted by Crippen LogP contribution is 2.20. The van der Waals surface area contributed by atoms with E-state index < -0.39 is 10.8 Å². The van der Waals surface area contributed by atoms with Crippen molar-refractivity contribution in [2.45, 2.75) is 49.7 Å². The van der Waals surface area contributed by atoms with Crippen molar-refractivity contribution in [2.75, 3.05) is 0 Å². The molecule has 1 amide bonds. The summed E-state index contributed by atoms with van der Waals surface area (Å²) in [5.74, 6) is 1.29. The van der Waals surface area contributed by atoms with E-state index >= 15 is 0 Å². The molecule has 25 heavy (non-hydrogen) atoms. The van der Waals surface area contributed by atoms with Crippen LogP contribution in [0.15, 0.2) is 40.8 Å². The molecule has 3 rings (SSSR count). The molecule has 4 nitrogen and oxygen atoms in total. The molecule has 1 aliphatic rings. The standard InChI is InChI=1S/C19H22ClNO3S/c20-17-9-5-4-6-14(17)12-25(23)13-16-10-11-18(24-16)19(22)21-15-7-2-1-3-8-15/h4-6,9-11,15H,1-3,7-8,12-13H2,(H,21,22). The van der Waals surface area contributed by atoms with E-state index in [0.717, 1.165) is 31.2 Å². The van der Waals surface area contributed by atoms with Crippen molar-refractivity contribution >= 4 is 28.3 Å². The zero-order valence-electron chi connectivity index (χ0n) is 14.0. The SMILES string of the molecule is O=C(NC1CCCCC1)c1ccc(CS(=O)Cc2ccccc2Cl)o1. The van der Waals surface area contributed by atoms with E-state index in [-0.39, 0.29) is 23.5 Å². The average molecular weight is 380 g/mol. The molecule has 1 fully saturated rings. The molecule has 0 saturated heterocycles. The van der Waals surface area contributed by atoms with Gasteiger partial charge in [-0.1, -0.05) is 49.1 Å². The molecule has 1 saturated carbocycles. The van der Waals surface area contributed by atoms with Crippen molar-refractivity contribution in [3.05, 3.63) is 58.5 Å². The molecule has 1 N–H and O–H groups in total. The Labute approximate surface area is 155 Å². The van der Waals surface area contributed by atoms with Gasteiger partial charge in [-0.3, -0.25) is 9.00 Å². The fourth-order valence-electron chi connectivity index (χ4n) is 3.08. The Hall–Kier alpha value is -1.59. The van der Waals surface area contributed by atoms with Crippen molar-refractivity contribution in [1.29, 1.82) is 0 Å². The minimum atomic E-state index is -1.15. The van der Waals surface area contributed by atoms with Crippen LogP contribution >= 0.6 is 11.6 Å². The van der Waals surface area contributed by atoms with Crippen LogP contribution in [0.2, 0.25) is 5.02 Å². The van der Waals surface area contributed by atoms with Gasteiger partial charge in [0.1, 0.15) is 5.76 Å². The van der Waals surface area contributed by atoms with Crippen LogP contribution in [0.25, 0.3) is 0 Å². The second kappa shape index (κ2) is 8.68. The molecule has 0 aliphatic heterocycles. The summed E-state index contributed by atoms with van der Waals surface area (Å²) >= 11 is 6.10. The Morgan fingerprint density at radius 1 is 1.12 bits per heavy atom. The lowest BCUT2D eigenvalue weighted by molar-refractivity contribution is 0.0898. The van der Waals surface area contributed by atoms with Crippen LogP contribution < -0.4 is 5.32 Å². The Bertz CT molecular complexity index is 753. The van der Waals surface area contributed by atoms with Crippen molar-refractivity contribution in [1.82, 2.24) is 5.32 Å². The first-order chi connectivity index (χ1) is 12.1. The van der Waals surface area contributed by atoms with E-state index in [4.69, 9.17) is 16.0 Å². The molecular weight excluding hydrogens is 358 g/mol. The van der Waals surface area contributed by atoms with Crippen molar-refractivity contribution in [2.24, 2.45) is 0 Å². The molecule has 2 aromatic rings. The molecule has 6 heteroatoms. The van der Waals surface area contributed by atoms with E-state index in [1.54, 1.807) is 18.2 Å². The summed E-state index contributed by atoms with van der Waals surface area (Å²) in [6, 6.07) is 11.0. The summed E-state index contributed by atoms with van der Waals surface area (Å²) in [5.41, 5.74) is 0.851. The summed E-state index contributed by atoms with van der Waals surface area (Å²) in [6.07, 6.45) is 5.63. The number of benzene rings is 1. The fourth-order valence-corrected chi connectivity index (χ4v) is 4.53. The minimum absolute atomic E-state index is 0.185. The highest BCUT2D eigenvalue weighted by molar-refractivity contribution is 7.83. The largest absolute Gasteiger partial charge is 0.455 e. The summed E-state index contributed by atoms with van der Waals surface area (Å²) in [5, 5.41) is 3.64. The van der Waals surface area contributed by atoms with Gasteiger partial charge in [0.25, 0.3) is 5.91 Å². The zero-order chi connectivity index (χ0) is 17.6. The van der Waals surface area contributed by atoms with Gasteiger partial charge in [-0.15, -0.1) is 0 Å². The van der Waals surface area contributed by atoms with Crippen LogP contribution in [0.1, 0.15) is 54.0 Å². The van der Waals surface area contributed by atoms with E-state index in [1.807, 2.05) is 18.2 Å². The number of halogens is 1. The lowest BCUT2D eigenvalue weighted by atomic mass is 9.95. The molecule has 1 heterocycles. The quantitative estimate of drug-likeness (QED) is 0.806. The van der Waals surface area contributed by atoms with Crippen molar-refractivity contribution in [3.63, 3.8) is 0 Å². The van der Waals surface area contributed by atoms with Gasteiger partial charge in [0.05, 0.1) is 11.5 Å². The lowest BCUT2D eigenvalue weighted by Gasteiger charge is -2.22. The predicted molar refractivity (Wildman–Crippen MR) is 100 cm³/mol. The molecule has 0 spiro atoms. The number of furan rings is 1. The minimum Gasteiger partial charge on any atom is -0.455 e. The Kier molecular flexibility index (Phi) is 6.32. The topological polar surface area (TPSA) is 59.3 Å². The van der Waals surface area contributed by atoms with Crippen LogP contribution in [0.3, 0.4) is 0 Å². The Morgan fingerprint density at radius 3 is 2.64 bits per heavy atom. The van der Waals surface area contributed by atoms with Crippen molar-refractivity contribution < 1.29 is 13.4 Å². The van der Waals surface area contributed by atoms with Gasteiger partial charge in [-0.25, -0.2) is 0 Å². The van der Waals surface area contributed by atoms with Crippen LogP contribution in [0.5, 0.6) is 0 Å². The molecule has 1 aromatic heterocycles. The van der Waals surface area contributed by atoms with Crippen LogP contribution in [-0.2, 0) is 22.3 Å². The van der Waals surface area contributed by atoms with E-state index in [9.17, 15) is 9.00 Å². The van der Waals surface area contributed by atoms with Gasteiger partial charge >= 0.3 is 0 Å². The highest BCUT2D eigenvalue weighted by atomic mass is 35.5. The average Bonchev–Trinajstić information content (AvgIpc) is 3.06. The monoisotopic (exact) mass is 379 g/mol. The van der Waals surface area contributed by atoms with E-state index in [1.165, 1.54) is 6.42 Å². The molecule has 1 aliphatic carbocycles. The fraction of sp³-hybridized carbons (Fsp3) is 0.421. The smallest absolute Gasteiger partial charge is 0.287 e. The summed E-state index contributed by atoms with van der Waals surface area (Å²) in [4.78, 5) is 12.2. The molecule has 1 atom stereocenters. The van der Waals surface area contributed by atoms with Crippen LogP contribution in [-0.4, -0.2) is 16.2 Å². The molecule has 134 valence electrons. The third-order valence-electron chi connectivity index (χ3n) is 4.40. The Balaban J connectivity index is 1.54. The summed E-state index contributed by atoms with van der Waals surface area (Å²) in [7, 11) is -1.15. The second-order valence-electron chi connectivity index (χ2n) is 6.39. The Morgan fingerprint density at radius 2 is 1.88 bits per heavy atom. The molecule has 1 aromatic carbocycles. The van der Waals surface area contributed by atoms with Gasteiger partial charge in [-0.2, -0.15) is 0 Å². The molecule has 1 unspecified atom stereocenters. The number of amides is 1. The second-order valence-corrected chi connectivity index (χ2v) is 8.26. The van der Waals surface area contributed by atoms with Gasteiger partial charge in [0.15, 0.2) is 5.76 Å². The maximum atomic E-state index is 12.3. The highest BCUT2D eigenvalue weighted by Gasteiger charge is 2.19. The lowest BCUT2D eigenvalue weighted by Crippen LogP contribution is -2.35. The third-order valence-corrected chi connectivity index (χ3v) is 6.01. The van der Waals surface area contributed by atoms with Crippen molar-refractivity contribution in [3.8, 4) is 0 Å². The molecular formula is C19H22ClNO3S. The summed E-state index contributed by atoms with van der Waals surface area (Å²) in [6.45, 7) is 0. The third kappa shape index (κ3) is 5.19. The first kappa shape index (κ1) is 18.2. The summed E-state index contributed by atoms with van der Waals surface area (Å²) < 4.78 is 17.9. The number of rotatable bonds is 6. The van der Waals surface area contributed by atoms with Gasteiger partial charge < -0.3 is 9.73 Å². The predicted octanol–water partition coefficient (Wildman–Crippen LogP) is 4.44. The zero-order valence-corrected chi connectivity index (χ0v) is 15.6. The van der Waals surface area contributed by atoms with Crippen LogP contribution in [0.4, 0.5) is 0 Å². The maximum absolute atomic E-state index is 12.3. The number of carbonyl (C=O) groups is 1. The number of hydrogen-bond acceptors (Lipinski definition) is 3. The first-order valence-electron chi connectivity index (χ1n) is 8.60. The molecule has 0 radical (unpaired) electrons. The first-order valence-corrected chi connectivity index (χ1v) is 10.5. The number of nitrogens with one attached hydrogen (secondary N) is 1. The number of carbonyl (C=O) groups excluding carboxylic acids is 1. The van der Waals surface area contributed by atoms with Gasteiger partial charge in [0, 0.05) is 21.9 Å². The molecule has 0 bridgehead atoms. The number of hydrogen-bond donors (Lipinski definition) is 1. The normalized spacial score (nSPS) is 16.5. The van der Waals surface area contributed by atoms with Gasteiger partial charge in [0.2, 0.25) is 0 Å². The van der Waals surface area contributed by atoms with E-state index in [0.29, 0.717) is 16.5 Å². The van der Waals surface area contributed by atoms with Crippen LogP contribution in [0, 0.1) is 0 Å². The van der Waals surface area contributed by atoms with E-state index in [2.05, 4.69) is 5.32 Å². The van der Waals surface area contributed by atoms with Gasteiger partial charge in [-0.05, 0) is 36.6 Å². The maximum Gasteiger partial charge on any atom is 0.287 e.